The minimum absolute atomic E-state index is 0.476. The predicted molar refractivity (Wildman–Crippen MR) is 159 cm³/mol. The average molecular weight is 551 g/mol. The van der Waals surface area contributed by atoms with Crippen molar-refractivity contribution in [2.24, 2.45) is 0 Å². The van der Waals surface area contributed by atoms with Crippen molar-refractivity contribution in [1.29, 1.82) is 5.26 Å². The molecule has 5 aromatic carbocycles. The minimum atomic E-state index is -3.40. The standard InChI is InChI=1S/C32H28ClN4OP/c33-31-18-6-5-17-30(31)32(21-34)35-39(38)36(22-26-13-7-11-24-9-1-3-15-28(24)26)19-20-37(39)23-27-14-8-12-25-10-2-4-16-29(25)27/h1-18,32H,19-20,22-23H2,(H,35,38)/t32-/m1/s1. The summed E-state index contributed by atoms with van der Waals surface area (Å²) in [6.07, 6.45) is 0. The maximum Gasteiger partial charge on any atom is 0.286 e. The Labute approximate surface area is 233 Å². The second kappa shape index (κ2) is 10.9. The van der Waals surface area contributed by atoms with E-state index in [0.29, 0.717) is 36.8 Å². The maximum atomic E-state index is 15.2. The van der Waals surface area contributed by atoms with Crippen LogP contribution in [0, 0.1) is 11.3 Å². The SMILES string of the molecule is N#C[C@@H](NP1(=O)N(Cc2cccc3ccccc23)CCN1Cc1cccc2ccccc12)c1ccccc1Cl. The molecule has 0 radical (unpaired) electrons. The highest BCUT2D eigenvalue weighted by molar-refractivity contribution is 7.57. The van der Waals surface area contributed by atoms with Crippen molar-refractivity contribution >= 4 is 40.7 Å². The average Bonchev–Trinajstić information content (AvgIpc) is 3.26. The molecule has 0 aliphatic carbocycles. The van der Waals surface area contributed by atoms with Crippen LogP contribution in [0.15, 0.2) is 109 Å². The first-order valence-electron chi connectivity index (χ1n) is 13.0. The lowest BCUT2D eigenvalue weighted by atomic mass is 10.0. The van der Waals surface area contributed by atoms with E-state index in [1.165, 1.54) is 0 Å². The number of fused-ring (bicyclic) bond motifs is 2. The second-order valence-electron chi connectivity index (χ2n) is 9.81. The van der Waals surface area contributed by atoms with Crippen molar-refractivity contribution in [1.82, 2.24) is 14.4 Å². The van der Waals surface area contributed by atoms with E-state index < -0.39 is 13.6 Å². The lowest BCUT2D eigenvalue weighted by Gasteiger charge is -2.33. The summed E-state index contributed by atoms with van der Waals surface area (Å²) in [6, 6.07) is 37.7. The molecule has 39 heavy (non-hydrogen) atoms. The Morgan fingerprint density at radius 1 is 0.744 bits per heavy atom. The zero-order valence-corrected chi connectivity index (χ0v) is 23.0. The molecule has 1 aliphatic heterocycles. The van der Waals surface area contributed by atoms with Crippen LogP contribution in [0.3, 0.4) is 0 Å². The number of nitrogens with one attached hydrogen (secondary N) is 1. The van der Waals surface area contributed by atoms with E-state index in [1.807, 2.05) is 63.9 Å². The third-order valence-electron chi connectivity index (χ3n) is 7.49. The molecule has 1 fully saturated rings. The van der Waals surface area contributed by atoms with Gasteiger partial charge in [-0.15, -0.1) is 0 Å². The number of benzene rings is 5. The van der Waals surface area contributed by atoms with Gasteiger partial charge in [-0.1, -0.05) is 115 Å². The molecule has 1 atom stereocenters. The fourth-order valence-electron chi connectivity index (χ4n) is 5.49. The molecule has 6 rings (SSSR count). The van der Waals surface area contributed by atoms with Gasteiger partial charge in [0, 0.05) is 36.8 Å². The molecule has 0 amide bonds. The van der Waals surface area contributed by atoms with Crippen LogP contribution in [0.2, 0.25) is 5.02 Å². The van der Waals surface area contributed by atoms with Crippen LogP contribution in [0.1, 0.15) is 22.7 Å². The lowest BCUT2D eigenvalue weighted by Crippen LogP contribution is -2.31. The molecule has 1 saturated heterocycles. The molecule has 7 heteroatoms. The van der Waals surface area contributed by atoms with Crippen LogP contribution >= 0.6 is 19.2 Å². The third-order valence-corrected chi connectivity index (χ3v) is 10.6. The Bertz CT molecular complexity index is 1650. The molecular weight excluding hydrogens is 523 g/mol. The Balaban J connectivity index is 1.39. The van der Waals surface area contributed by atoms with Crippen LogP contribution in [-0.2, 0) is 17.7 Å². The van der Waals surface area contributed by atoms with Crippen molar-refractivity contribution in [3.05, 3.63) is 131 Å². The molecular formula is C32H28ClN4OP. The highest BCUT2D eigenvalue weighted by Crippen LogP contribution is 2.56. The molecule has 0 bridgehead atoms. The second-order valence-corrected chi connectivity index (χ2v) is 12.7. The van der Waals surface area contributed by atoms with E-state index in [2.05, 4.69) is 59.7 Å². The number of halogens is 1. The monoisotopic (exact) mass is 550 g/mol. The van der Waals surface area contributed by atoms with Crippen LogP contribution in [-0.4, -0.2) is 22.4 Å². The van der Waals surface area contributed by atoms with E-state index in [0.717, 1.165) is 32.7 Å². The smallest absolute Gasteiger partial charge is 0.270 e. The fraction of sp³-hybridized carbons (Fsp3) is 0.156. The molecule has 0 spiro atoms. The van der Waals surface area contributed by atoms with Gasteiger partial charge in [-0.25, -0.2) is 14.4 Å². The first kappa shape index (κ1) is 25.8. The summed E-state index contributed by atoms with van der Waals surface area (Å²) in [6.45, 7) is 2.22. The van der Waals surface area contributed by atoms with E-state index in [-0.39, 0.29) is 0 Å². The van der Waals surface area contributed by atoms with Crippen molar-refractivity contribution in [2.45, 2.75) is 19.1 Å². The van der Waals surface area contributed by atoms with Gasteiger partial charge in [0.15, 0.2) is 0 Å². The summed E-state index contributed by atoms with van der Waals surface area (Å²) in [5.74, 6) is 0. The highest BCUT2D eigenvalue weighted by atomic mass is 35.5. The van der Waals surface area contributed by atoms with Crippen LogP contribution in [0.5, 0.6) is 0 Å². The van der Waals surface area contributed by atoms with Gasteiger partial charge in [-0.2, -0.15) is 5.26 Å². The largest absolute Gasteiger partial charge is 0.286 e. The topological polar surface area (TPSA) is 59.4 Å². The quantitative estimate of drug-likeness (QED) is 0.208. The third kappa shape index (κ3) is 4.99. The molecule has 0 aromatic heterocycles. The van der Waals surface area contributed by atoms with E-state index in [9.17, 15) is 5.26 Å². The minimum Gasteiger partial charge on any atom is -0.270 e. The number of rotatable bonds is 7. The van der Waals surface area contributed by atoms with Crippen molar-refractivity contribution < 1.29 is 4.57 Å². The van der Waals surface area contributed by atoms with Gasteiger partial charge in [0.05, 0.1) is 6.07 Å². The molecule has 5 aromatic rings. The first-order chi connectivity index (χ1) is 19.1. The predicted octanol–water partition coefficient (Wildman–Crippen LogP) is 7.93. The van der Waals surface area contributed by atoms with Gasteiger partial charge in [0.2, 0.25) is 0 Å². The van der Waals surface area contributed by atoms with Crippen LogP contribution in [0.25, 0.3) is 21.5 Å². The van der Waals surface area contributed by atoms with Crippen molar-refractivity contribution in [2.75, 3.05) is 13.1 Å². The van der Waals surface area contributed by atoms with Crippen LogP contribution < -0.4 is 5.09 Å². The number of nitriles is 1. The van der Waals surface area contributed by atoms with E-state index in [1.54, 1.807) is 6.07 Å². The molecule has 1 aliphatic rings. The number of hydrogen-bond donors (Lipinski definition) is 1. The van der Waals surface area contributed by atoms with Crippen molar-refractivity contribution in [3.63, 3.8) is 0 Å². The summed E-state index contributed by atoms with van der Waals surface area (Å²) in [4.78, 5) is 0. The first-order valence-corrected chi connectivity index (χ1v) is 15.0. The maximum absolute atomic E-state index is 15.2. The summed E-state index contributed by atoms with van der Waals surface area (Å²) in [5, 5.41) is 18.5. The zero-order chi connectivity index (χ0) is 26.8. The lowest BCUT2D eigenvalue weighted by molar-refractivity contribution is 0.416. The summed E-state index contributed by atoms with van der Waals surface area (Å²) >= 11 is 6.48. The Hall–Kier alpha value is -3.49. The Kier molecular flexibility index (Phi) is 7.23. The Morgan fingerprint density at radius 3 is 1.77 bits per heavy atom. The fourth-order valence-corrected chi connectivity index (χ4v) is 8.36. The van der Waals surface area contributed by atoms with Gasteiger partial charge in [-0.3, -0.25) is 4.57 Å². The Morgan fingerprint density at radius 2 is 1.23 bits per heavy atom. The number of hydrogen-bond acceptors (Lipinski definition) is 2. The zero-order valence-electron chi connectivity index (χ0n) is 21.4. The van der Waals surface area contributed by atoms with Gasteiger partial charge >= 0.3 is 0 Å². The molecule has 0 unspecified atom stereocenters. The van der Waals surface area contributed by atoms with Crippen molar-refractivity contribution in [3.8, 4) is 6.07 Å². The summed E-state index contributed by atoms with van der Waals surface area (Å²) < 4.78 is 19.2. The molecule has 1 N–H and O–H groups in total. The molecule has 0 saturated carbocycles. The highest BCUT2D eigenvalue weighted by Gasteiger charge is 2.45. The molecule has 5 nitrogen and oxygen atoms in total. The van der Waals surface area contributed by atoms with Gasteiger partial charge < -0.3 is 0 Å². The number of nitrogens with zero attached hydrogens (tertiary/aromatic N) is 3. The summed E-state index contributed by atoms with van der Waals surface area (Å²) in [7, 11) is -3.40. The molecule has 194 valence electrons. The van der Waals surface area contributed by atoms with E-state index >= 15 is 4.57 Å². The van der Waals surface area contributed by atoms with Gasteiger partial charge in [-0.05, 0) is 38.7 Å². The van der Waals surface area contributed by atoms with E-state index in [4.69, 9.17) is 11.6 Å². The molecule has 1 heterocycles. The van der Waals surface area contributed by atoms with Gasteiger partial charge in [0.1, 0.15) is 6.04 Å². The van der Waals surface area contributed by atoms with Gasteiger partial charge in [0.25, 0.3) is 7.59 Å². The summed E-state index contributed by atoms with van der Waals surface area (Å²) in [5.41, 5.74) is 2.83. The van der Waals surface area contributed by atoms with Crippen LogP contribution in [0.4, 0.5) is 0 Å². The normalized spacial score (nSPS) is 16.4.